The number of carbonyl (C=O) groups excluding carboxylic acids is 1. The van der Waals surface area contributed by atoms with E-state index in [0.717, 1.165) is 36.1 Å². The highest BCUT2D eigenvalue weighted by Gasteiger charge is 2.39. The van der Waals surface area contributed by atoms with Crippen LogP contribution in [0.15, 0.2) is 66.7 Å². The molecular formula is C29H30F4N2O2. The first kappa shape index (κ1) is 26.7. The smallest absolute Gasteiger partial charge is 0.416 e. The number of likely N-dealkylation sites (tertiary alicyclic amines) is 1. The Hall–Kier alpha value is -3.39. The zero-order chi connectivity index (χ0) is 26.6. The van der Waals surface area contributed by atoms with Crippen molar-refractivity contribution < 1.29 is 27.1 Å². The van der Waals surface area contributed by atoms with E-state index in [0.29, 0.717) is 30.5 Å². The predicted octanol–water partition coefficient (Wildman–Crippen LogP) is 5.86. The summed E-state index contributed by atoms with van der Waals surface area (Å²) in [5, 5.41) is 3.29. The summed E-state index contributed by atoms with van der Waals surface area (Å²) in [7, 11) is 1.51. The Morgan fingerprint density at radius 2 is 1.62 bits per heavy atom. The summed E-state index contributed by atoms with van der Waals surface area (Å²) in [4.78, 5) is 14.8. The molecule has 1 atom stereocenters. The van der Waals surface area contributed by atoms with Crippen LogP contribution in [0.1, 0.15) is 40.7 Å². The molecule has 1 aliphatic rings. The molecule has 0 radical (unpaired) electrons. The first-order valence-corrected chi connectivity index (χ1v) is 12.2. The number of amides is 1. The molecule has 1 heterocycles. The molecule has 1 aliphatic heterocycles. The topological polar surface area (TPSA) is 41.6 Å². The molecule has 3 aromatic carbocycles. The van der Waals surface area contributed by atoms with E-state index in [1.54, 1.807) is 17.0 Å². The number of methoxy groups -OCH3 is 1. The van der Waals surface area contributed by atoms with Crippen LogP contribution in [0.2, 0.25) is 0 Å². The fraction of sp³-hybridized carbons (Fsp3) is 0.345. The lowest BCUT2D eigenvalue weighted by atomic mass is 9.77. The summed E-state index contributed by atoms with van der Waals surface area (Å²) in [6, 6.07) is 17.1. The molecule has 0 bridgehead atoms. The van der Waals surface area contributed by atoms with Gasteiger partial charge in [-0.25, -0.2) is 4.39 Å². The van der Waals surface area contributed by atoms with Crippen LogP contribution >= 0.6 is 0 Å². The van der Waals surface area contributed by atoms with E-state index >= 15 is 0 Å². The van der Waals surface area contributed by atoms with Crippen molar-refractivity contribution in [3.63, 3.8) is 0 Å². The van der Waals surface area contributed by atoms with Crippen molar-refractivity contribution in [2.24, 2.45) is 0 Å². The highest BCUT2D eigenvalue weighted by atomic mass is 19.4. The number of carbonyl (C=O) groups is 1. The average Bonchev–Trinajstić information content (AvgIpc) is 3.42. The zero-order valence-corrected chi connectivity index (χ0v) is 20.9. The Balaban J connectivity index is 1.92. The third-order valence-electron chi connectivity index (χ3n) is 6.93. The third-order valence-corrected chi connectivity index (χ3v) is 6.93. The molecule has 196 valence electrons. The Bertz CT molecular complexity index is 1240. The minimum atomic E-state index is -4.74. The van der Waals surface area contributed by atoms with Gasteiger partial charge in [-0.05, 0) is 72.7 Å². The van der Waals surface area contributed by atoms with Crippen LogP contribution in [0.25, 0.3) is 0 Å². The number of alkyl halides is 3. The highest BCUT2D eigenvalue weighted by Crippen LogP contribution is 2.39. The second-order valence-electron chi connectivity index (χ2n) is 9.42. The van der Waals surface area contributed by atoms with E-state index < -0.39 is 23.1 Å². The van der Waals surface area contributed by atoms with E-state index in [4.69, 9.17) is 4.74 Å². The quantitative estimate of drug-likeness (QED) is 0.383. The monoisotopic (exact) mass is 514 g/mol. The minimum absolute atomic E-state index is 0.0730. The van der Waals surface area contributed by atoms with Crippen LogP contribution in [-0.4, -0.2) is 37.6 Å². The van der Waals surface area contributed by atoms with Gasteiger partial charge in [0.25, 0.3) is 0 Å². The van der Waals surface area contributed by atoms with Crippen LogP contribution in [0, 0.1) is 12.7 Å². The molecule has 0 aromatic heterocycles. The van der Waals surface area contributed by atoms with Crippen molar-refractivity contribution in [3.05, 3.63) is 100 Å². The summed E-state index contributed by atoms with van der Waals surface area (Å²) in [6.45, 7) is 3.02. The maximum absolute atomic E-state index is 14.8. The van der Waals surface area contributed by atoms with Gasteiger partial charge in [-0.2, -0.15) is 13.2 Å². The van der Waals surface area contributed by atoms with Crippen molar-refractivity contribution in [3.8, 4) is 5.75 Å². The lowest BCUT2D eigenvalue weighted by Crippen LogP contribution is -2.50. The molecule has 37 heavy (non-hydrogen) atoms. The molecule has 8 heteroatoms. The number of nitrogens with zero attached hydrogens (tertiary/aromatic N) is 1. The molecule has 4 nitrogen and oxygen atoms in total. The lowest BCUT2D eigenvalue weighted by molar-refractivity contribution is -0.138. The van der Waals surface area contributed by atoms with Crippen LogP contribution in [-0.2, 0) is 22.9 Å². The molecule has 1 N–H and O–H groups in total. The summed E-state index contributed by atoms with van der Waals surface area (Å²) < 4.78 is 61.7. The second-order valence-corrected chi connectivity index (χ2v) is 9.42. The standard InChI is InChI=1S/C29H30F4N2O2/c1-20-10-11-22(17-26(20)37-2)28(18-21-8-4-3-5-9-21,34-19-27(36)35-12-6-7-13-35)23-14-24(29(31,32)33)16-25(30)15-23/h3-5,8-11,14-17,34H,6-7,12-13,18-19H2,1-2H3/t28-/m1/s1. The number of hydrogen-bond donors (Lipinski definition) is 1. The fourth-order valence-corrected chi connectivity index (χ4v) is 4.93. The van der Waals surface area contributed by atoms with Crippen LogP contribution < -0.4 is 10.1 Å². The van der Waals surface area contributed by atoms with Gasteiger partial charge in [-0.1, -0.05) is 42.5 Å². The first-order valence-electron chi connectivity index (χ1n) is 12.2. The van der Waals surface area contributed by atoms with E-state index in [1.165, 1.54) is 7.11 Å². The van der Waals surface area contributed by atoms with Crippen LogP contribution in [0.4, 0.5) is 17.6 Å². The maximum atomic E-state index is 14.8. The van der Waals surface area contributed by atoms with Crippen molar-refractivity contribution >= 4 is 5.91 Å². The highest BCUT2D eigenvalue weighted by molar-refractivity contribution is 5.78. The number of rotatable bonds is 8. The summed E-state index contributed by atoms with van der Waals surface area (Å²) >= 11 is 0. The minimum Gasteiger partial charge on any atom is -0.496 e. The molecule has 4 rings (SSSR count). The van der Waals surface area contributed by atoms with Crippen molar-refractivity contribution in [1.82, 2.24) is 10.2 Å². The molecule has 1 fully saturated rings. The molecular weight excluding hydrogens is 484 g/mol. The van der Waals surface area contributed by atoms with Gasteiger partial charge in [-0.15, -0.1) is 0 Å². The molecule has 0 unspecified atom stereocenters. The van der Waals surface area contributed by atoms with Gasteiger partial charge in [0.1, 0.15) is 11.6 Å². The Morgan fingerprint density at radius 1 is 0.946 bits per heavy atom. The average molecular weight is 515 g/mol. The molecule has 1 amide bonds. The number of nitrogens with one attached hydrogen (secondary N) is 1. The normalized spacial score (nSPS) is 15.5. The van der Waals surface area contributed by atoms with Gasteiger partial charge in [0.15, 0.2) is 0 Å². The van der Waals surface area contributed by atoms with Gasteiger partial charge >= 0.3 is 6.18 Å². The van der Waals surface area contributed by atoms with E-state index in [9.17, 15) is 22.4 Å². The van der Waals surface area contributed by atoms with Crippen molar-refractivity contribution in [1.29, 1.82) is 0 Å². The number of halogens is 4. The number of hydrogen-bond acceptors (Lipinski definition) is 3. The van der Waals surface area contributed by atoms with Gasteiger partial charge in [0.05, 0.1) is 24.8 Å². The predicted molar refractivity (Wildman–Crippen MR) is 134 cm³/mol. The maximum Gasteiger partial charge on any atom is 0.416 e. The lowest BCUT2D eigenvalue weighted by Gasteiger charge is -2.38. The second kappa shape index (κ2) is 10.9. The van der Waals surface area contributed by atoms with Crippen molar-refractivity contribution in [2.75, 3.05) is 26.7 Å². The van der Waals surface area contributed by atoms with E-state index in [-0.39, 0.29) is 24.4 Å². The van der Waals surface area contributed by atoms with Crippen LogP contribution in [0.3, 0.4) is 0 Å². The molecule has 0 aliphatic carbocycles. The van der Waals surface area contributed by atoms with Gasteiger partial charge in [-0.3, -0.25) is 10.1 Å². The Morgan fingerprint density at radius 3 is 2.27 bits per heavy atom. The summed E-state index contributed by atoms with van der Waals surface area (Å²) in [6.07, 6.45) is -2.75. The molecule has 1 saturated heterocycles. The fourth-order valence-electron chi connectivity index (χ4n) is 4.93. The van der Waals surface area contributed by atoms with Gasteiger partial charge < -0.3 is 9.64 Å². The van der Waals surface area contributed by atoms with Gasteiger partial charge in [0.2, 0.25) is 5.91 Å². The van der Waals surface area contributed by atoms with Crippen molar-refractivity contribution in [2.45, 2.75) is 37.9 Å². The van der Waals surface area contributed by atoms with E-state index in [2.05, 4.69) is 5.32 Å². The molecule has 0 spiro atoms. The Labute approximate surface area is 214 Å². The Kier molecular flexibility index (Phi) is 7.87. The largest absolute Gasteiger partial charge is 0.496 e. The zero-order valence-electron chi connectivity index (χ0n) is 20.9. The first-order chi connectivity index (χ1) is 17.6. The number of benzene rings is 3. The third kappa shape index (κ3) is 5.96. The van der Waals surface area contributed by atoms with Gasteiger partial charge in [0, 0.05) is 13.1 Å². The summed E-state index contributed by atoms with van der Waals surface area (Å²) in [5.41, 5.74) is -0.175. The number of aryl methyl sites for hydroxylation is 1. The SMILES string of the molecule is COc1cc([C@@](Cc2ccccc2)(NCC(=O)N2CCCC2)c2cc(F)cc(C(F)(F)F)c2)ccc1C. The summed E-state index contributed by atoms with van der Waals surface area (Å²) in [5.74, 6) is -0.620. The van der Waals surface area contributed by atoms with Crippen LogP contribution in [0.5, 0.6) is 5.75 Å². The molecule has 0 saturated carbocycles. The number of ether oxygens (including phenoxy) is 1. The van der Waals surface area contributed by atoms with E-state index in [1.807, 2.05) is 43.3 Å². The molecule has 3 aromatic rings.